The number of ketones is 2. The number of rotatable bonds is 6. The largest absolute Gasteiger partial charge is 0.497 e. The van der Waals surface area contributed by atoms with Crippen molar-refractivity contribution in [3.63, 3.8) is 0 Å². The minimum Gasteiger partial charge on any atom is -0.497 e. The predicted molar refractivity (Wildman–Crippen MR) is 106 cm³/mol. The van der Waals surface area contributed by atoms with E-state index >= 15 is 0 Å². The van der Waals surface area contributed by atoms with Gasteiger partial charge in [-0.1, -0.05) is 0 Å². The lowest BCUT2D eigenvalue weighted by Gasteiger charge is -2.35. The fourth-order valence-electron chi connectivity index (χ4n) is 3.80. The molecule has 6 heteroatoms. The Morgan fingerprint density at radius 1 is 1.07 bits per heavy atom. The third-order valence-electron chi connectivity index (χ3n) is 5.25. The molecule has 1 aliphatic rings. The number of Topliss-reactive ketones (excluding diaryl/α,β-unsaturated/α-hetero) is 2. The van der Waals surface area contributed by atoms with Crippen molar-refractivity contribution in [3.8, 4) is 5.75 Å². The summed E-state index contributed by atoms with van der Waals surface area (Å²) in [5.41, 5.74) is 3.91. The van der Waals surface area contributed by atoms with E-state index in [1.54, 1.807) is 7.11 Å². The zero-order valence-corrected chi connectivity index (χ0v) is 16.5. The Hall–Kier alpha value is -2.60. The number of aromatic amines is 1. The number of anilines is 1. The Morgan fingerprint density at radius 2 is 1.70 bits per heavy atom. The molecule has 0 bridgehead atoms. The molecule has 0 amide bonds. The van der Waals surface area contributed by atoms with Crippen molar-refractivity contribution in [1.29, 1.82) is 0 Å². The van der Waals surface area contributed by atoms with Crippen LogP contribution in [0.4, 0.5) is 5.69 Å². The number of hydrogen-bond donors (Lipinski definition) is 1. The van der Waals surface area contributed by atoms with Gasteiger partial charge in [0, 0.05) is 43.1 Å². The summed E-state index contributed by atoms with van der Waals surface area (Å²) in [7, 11) is 1.66. The smallest absolute Gasteiger partial charge is 0.193 e. The molecule has 0 unspecified atom stereocenters. The molecule has 0 aliphatic carbocycles. The number of hydrogen-bond acceptors (Lipinski definition) is 5. The van der Waals surface area contributed by atoms with Crippen LogP contribution in [-0.4, -0.2) is 61.3 Å². The summed E-state index contributed by atoms with van der Waals surface area (Å²) in [6, 6.07) is 8.06. The second-order valence-corrected chi connectivity index (χ2v) is 7.07. The molecule has 1 aromatic carbocycles. The van der Waals surface area contributed by atoms with Crippen molar-refractivity contribution in [1.82, 2.24) is 9.88 Å². The lowest BCUT2D eigenvalue weighted by molar-refractivity contribution is 0.0921. The second-order valence-electron chi connectivity index (χ2n) is 7.07. The van der Waals surface area contributed by atoms with E-state index < -0.39 is 0 Å². The first-order chi connectivity index (χ1) is 12.9. The first kappa shape index (κ1) is 19.2. The van der Waals surface area contributed by atoms with E-state index in [2.05, 4.69) is 26.9 Å². The van der Waals surface area contributed by atoms with E-state index in [1.807, 2.05) is 26.0 Å². The standard InChI is InChI=1S/C21H27N3O3/c1-14-20(16(3)25)15(2)22-21(14)19(26)13-23-9-11-24(12-10-23)17-5-7-18(27-4)8-6-17/h5-8,22H,9-13H2,1-4H3. The van der Waals surface area contributed by atoms with Crippen molar-refractivity contribution < 1.29 is 14.3 Å². The normalized spacial score (nSPS) is 15.0. The Morgan fingerprint density at radius 3 is 2.22 bits per heavy atom. The number of nitrogens with zero attached hydrogens (tertiary/aromatic N) is 2. The SMILES string of the molecule is COc1ccc(N2CCN(CC(=O)c3[nH]c(C)c(C(C)=O)c3C)CC2)cc1. The molecule has 1 fully saturated rings. The Labute approximate surface area is 160 Å². The van der Waals surface area contributed by atoms with Crippen LogP contribution >= 0.6 is 0 Å². The number of carbonyl (C=O) groups excluding carboxylic acids is 2. The summed E-state index contributed by atoms with van der Waals surface area (Å²) >= 11 is 0. The molecule has 0 saturated carbocycles. The predicted octanol–water partition coefficient (Wildman–Crippen LogP) is 2.85. The molecule has 0 spiro atoms. The van der Waals surface area contributed by atoms with Gasteiger partial charge in [0.05, 0.1) is 19.3 Å². The van der Waals surface area contributed by atoms with Crippen molar-refractivity contribution in [2.75, 3.05) is 44.7 Å². The highest BCUT2D eigenvalue weighted by molar-refractivity contribution is 6.03. The summed E-state index contributed by atoms with van der Waals surface area (Å²) in [5, 5.41) is 0. The fourth-order valence-corrected chi connectivity index (χ4v) is 3.80. The molecular weight excluding hydrogens is 342 g/mol. The summed E-state index contributed by atoms with van der Waals surface area (Å²) in [6.45, 7) is 9.00. The number of aryl methyl sites for hydroxylation is 1. The van der Waals surface area contributed by atoms with Gasteiger partial charge < -0.3 is 14.6 Å². The maximum absolute atomic E-state index is 12.7. The second kappa shape index (κ2) is 7.96. The molecule has 3 rings (SSSR count). The average molecular weight is 369 g/mol. The molecule has 144 valence electrons. The minimum absolute atomic E-state index is 0.00611. The first-order valence-electron chi connectivity index (χ1n) is 9.25. The quantitative estimate of drug-likeness (QED) is 0.793. The number of benzene rings is 1. The Kier molecular flexibility index (Phi) is 5.65. The number of H-pyrrole nitrogens is 1. The number of carbonyl (C=O) groups is 2. The Bertz CT molecular complexity index is 831. The molecule has 0 radical (unpaired) electrons. The number of methoxy groups -OCH3 is 1. The van der Waals surface area contributed by atoms with Crippen molar-refractivity contribution in [3.05, 3.63) is 46.8 Å². The molecule has 1 N–H and O–H groups in total. The van der Waals surface area contributed by atoms with Gasteiger partial charge >= 0.3 is 0 Å². The third kappa shape index (κ3) is 4.06. The maximum Gasteiger partial charge on any atom is 0.193 e. The number of ether oxygens (including phenoxy) is 1. The summed E-state index contributed by atoms with van der Waals surface area (Å²) in [6.07, 6.45) is 0. The van der Waals surface area contributed by atoms with Gasteiger partial charge in [-0.25, -0.2) is 0 Å². The van der Waals surface area contributed by atoms with Crippen LogP contribution in [0, 0.1) is 13.8 Å². The van der Waals surface area contributed by atoms with E-state index in [0.717, 1.165) is 43.2 Å². The van der Waals surface area contributed by atoms with Gasteiger partial charge in [0.25, 0.3) is 0 Å². The topological polar surface area (TPSA) is 65.6 Å². The molecular formula is C21H27N3O3. The molecule has 1 saturated heterocycles. The van der Waals surface area contributed by atoms with Gasteiger partial charge in [0.1, 0.15) is 5.75 Å². The molecule has 1 aliphatic heterocycles. The van der Waals surface area contributed by atoms with E-state index in [0.29, 0.717) is 17.8 Å². The average Bonchev–Trinajstić information content (AvgIpc) is 2.97. The number of nitrogens with one attached hydrogen (secondary N) is 1. The lowest BCUT2D eigenvalue weighted by Crippen LogP contribution is -2.48. The van der Waals surface area contributed by atoms with Crippen molar-refractivity contribution in [2.24, 2.45) is 0 Å². The highest BCUT2D eigenvalue weighted by atomic mass is 16.5. The monoisotopic (exact) mass is 369 g/mol. The van der Waals surface area contributed by atoms with E-state index in [9.17, 15) is 9.59 Å². The van der Waals surface area contributed by atoms with Crippen LogP contribution in [0.1, 0.15) is 39.0 Å². The van der Waals surface area contributed by atoms with Crippen LogP contribution in [-0.2, 0) is 0 Å². The molecule has 2 heterocycles. The minimum atomic E-state index is -0.00611. The molecule has 2 aromatic rings. The van der Waals surface area contributed by atoms with E-state index in [4.69, 9.17) is 4.74 Å². The van der Waals surface area contributed by atoms with Crippen LogP contribution < -0.4 is 9.64 Å². The zero-order valence-electron chi connectivity index (χ0n) is 16.5. The lowest BCUT2D eigenvalue weighted by atomic mass is 10.1. The summed E-state index contributed by atoms with van der Waals surface area (Å²) in [5.74, 6) is 0.888. The van der Waals surface area contributed by atoms with E-state index in [1.165, 1.54) is 12.6 Å². The van der Waals surface area contributed by atoms with Gasteiger partial charge in [0.15, 0.2) is 11.6 Å². The van der Waals surface area contributed by atoms with Crippen molar-refractivity contribution in [2.45, 2.75) is 20.8 Å². The van der Waals surface area contributed by atoms with Gasteiger partial charge in [-0.15, -0.1) is 0 Å². The molecule has 0 atom stereocenters. The van der Waals surface area contributed by atoms with Crippen LogP contribution in [0.2, 0.25) is 0 Å². The van der Waals surface area contributed by atoms with Gasteiger partial charge in [-0.2, -0.15) is 0 Å². The van der Waals surface area contributed by atoms with Gasteiger partial charge in [-0.3, -0.25) is 14.5 Å². The molecule has 1 aromatic heterocycles. The van der Waals surface area contributed by atoms with Crippen LogP contribution in [0.5, 0.6) is 5.75 Å². The zero-order chi connectivity index (χ0) is 19.6. The van der Waals surface area contributed by atoms with Gasteiger partial charge in [-0.05, 0) is 50.6 Å². The molecule has 6 nitrogen and oxygen atoms in total. The van der Waals surface area contributed by atoms with Crippen molar-refractivity contribution >= 4 is 17.3 Å². The third-order valence-corrected chi connectivity index (χ3v) is 5.25. The number of aromatic nitrogens is 1. The highest BCUT2D eigenvalue weighted by Gasteiger charge is 2.24. The van der Waals surface area contributed by atoms with E-state index in [-0.39, 0.29) is 11.6 Å². The summed E-state index contributed by atoms with van der Waals surface area (Å²) < 4.78 is 5.21. The van der Waals surface area contributed by atoms with Crippen LogP contribution in [0.25, 0.3) is 0 Å². The van der Waals surface area contributed by atoms with Crippen LogP contribution in [0.15, 0.2) is 24.3 Å². The Balaban J connectivity index is 1.59. The number of piperazine rings is 1. The van der Waals surface area contributed by atoms with Gasteiger partial charge in [0.2, 0.25) is 0 Å². The maximum atomic E-state index is 12.7. The molecule has 27 heavy (non-hydrogen) atoms. The highest BCUT2D eigenvalue weighted by Crippen LogP contribution is 2.22. The van der Waals surface area contributed by atoms with Crippen LogP contribution in [0.3, 0.4) is 0 Å². The first-order valence-corrected chi connectivity index (χ1v) is 9.25. The summed E-state index contributed by atoms with van der Waals surface area (Å²) in [4.78, 5) is 32.1. The fraction of sp³-hybridized carbons (Fsp3) is 0.429.